The van der Waals surface area contributed by atoms with Crippen LogP contribution in [0.25, 0.3) is 49.7 Å². The predicted molar refractivity (Wildman–Crippen MR) is 231 cm³/mol. The van der Waals surface area contributed by atoms with Crippen LogP contribution in [0.15, 0.2) is 170 Å². The molecule has 2 fully saturated rings. The third-order valence-electron chi connectivity index (χ3n) is 13.2. The Balaban J connectivity index is 1.13. The molecular weight excluding hydrogens is 665 g/mol. The zero-order valence-electron chi connectivity index (χ0n) is 31.3. The summed E-state index contributed by atoms with van der Waals surface area (Å²) < 4.78 is 2.42. The van der Waals surface area contributed by atoms with Gasteiger partial charge in [-0.1, -0.05) is 121 Å². The average Bonchev–Trinajstić information content (AvgIpc) is 3.55. The largest absolute Gasteiger partial charge is 0.309 e. The minimum absolute atomic E-state index is 0.750. The van der Waals surface area contributed by atoms with Crippen LogP contribution in [0.4, 0.5) is 17.1 Å². The van der Waals surface area contributed by atoms with Gasteiger partial charge in [-0.15, -0.1) is 0 Å². The molecule has 2 saturated carbocycles. The van der Waals surface area contributed by atoms with Crippen molar-refractivity contribution < 1.29 is 0 Å². The van der Waals surface area contributed by atoms with Crippen molar-refractivity contribution >= 4 is 38.9 Å². The number of anilines is 3. The Morgan fingerprint density at radius 1 is 0.400 bits per heavy atom. The number of hydrogen-bond acceptors (Lipinski definition) is 1. The lowest BCUT2D eigenvalue weighted by atomic mass is 9.63. The first-order valence-electron chi connectivity index (χ1n) is 20.5. The molecule has 1 heterocycles. The summed E-state index contributed by atoms with van der Waals surface area (Å²) in [4.78, 5) is 2.57. The summed E-state index contributed by atoms with van der Waals surface area (Å²) in [7, 11) is 0. The number of aromatic nitrogens is 1. The van der Waals surface area contributed by atoms with Crippen molar-refractivity contribution in [1.29, 1.82) is 0 Å². The molecule has 4 bridgehead atoms. The van der Waals surface area contributed by atoms with Gasteiger partial charge >= 0.3 is 0 Å². The highest BCUT2D eigenvalue weighted by atomic mass is 15.1. The summed E-state index contributed by atoms with van der Waals surface area (Å²) in [5, 5.41) is 2.57. The second kappa shape index (κ2) is 13.5. The van der Waals surface area contributed by atoms with E-state index in [-0.39, 0.29) is 0 Å². The molecule has 4 aliphatic rings. The molecule has 0 radical (unpaired) electrons. The Kier molecular flexibility index (Phi) is 7.97. The van der Waals surface area contributed by atoms with Gasteiger partial charge in [0.15, 0.2) is 0 Å². The molecule has 8 aromatic rings. The van der Waals surface area contributed by atoms with Gasteiger partial charge in [0, 0.05) is 33.3 Å². The SMILES string of the molecule is c1ccc(-c2ccccc2N(c2ccc(-n3c4ccccc4c4ccccc43)cc2)c2cccc3c2-c2ccccc2CC2CC4CC(C3)CC(C2)C4)cc1. The van der Waals surface area contributed by atoms with E-state index in [9.17, 15) is 0 Å². The van der Waals surface area contributed by atoms with Crippen LogP contribution in [0.1, 0.15) is 43.2 Å². The van der Waals surface area contributed by atoms with Gasteiger partial charge in [0.2, 0.25) is 0 Å². The van der Waals surface area contributed by atoms with E-state index < -0.39 is 0 Å². The molecule has 7 aromatic carbocycles. The highest BCUT2D eigenvalue weighted by Gasteiger charge is 2.37. The summed E-state index contributed by atoms with van der Waals surface area (Å²) in [6.45, 7) is 0. The van der Waals surface area contributed by atoms with Crippen molar-refractivity contribution in [2.24, 2.45) is 23.7 Å². The number of nitrogens with zero attached hydrogens (tertiary/aromatic N) is 2. The molecule has 12 rings (SSSR count). The molecule has 1 aromatic heterocycles. The zero-order valence-corrected chi connectivity index (χ0v) is 31.3. The number of hydrogen-bond donors (Lipinski definition) is 0. The van der Waals surface area contributed by atoms with E-state index in [1.54, 1.807) is 0 Å². The van der Waals surface area contributed by atoms with Crippen molar-refractivity contribution in [2.75, 3.05) is 4.90 Å². The predicted octanol–water partition coefficient (Wildman–Crippen LogP) is 14.1. The van der Waals surface area contributed by atoms with Crippen LogP contribution in [0.3, 0.4) is 0 Å². The van der Waals surface area contributed by atoms with Crippen molar-refractivity contribution in [3.63, 3.8) is 0 Å². The fourth-order valence-electron chi connectivity index (χ4n) is 11.2. The van der Waals surface area contributed by atoms with Gasteiger partial charge < -0.3 is 9.47 Å². The molecule has 2 heteroatoms. The summed E-state index contributed by atoms with van der Waals surface area (Å²) in [5.74, 6) is 3.31. The summed E-state index contributed by atoms with van der Waals surface area (Å²) in [6, 6.07) is 63.4. The monoisotopic (exact) mass is 710 g/mol. The van der Waals surface area contributed by atoms with E-state index in [1.165, 1.54) is 111 Å². The summed E-state index contributed by atoms with van der Waals surface area (Å²) in [5.41, 5.74) is 15.5. The third-order valence-corrected chi connectivity index (χ3v) is 13.2. The molecule has 2 atom stereocenters. The van der Waals surface area contributed by atoms with Crippen molar-refractivity contribution in [3.8, 4) is 27.9 Å². The van der Waals surface area contributed by atoms with E-state index in [0.717, 1.165) is 35.8 Å². The van der Waals surface area contributed by atoms with E-state index in [2.05, 4.69) is 179 Å². The normalized spacial score (nSPS) is 20.2. The van der Waals surface area contributed by atoms with Crippen LogP contribution in [0.5, 0.6) is 0 Å². The number of fused-ring (bicyclic) bond motifs is 3. The second-order valence-corrected chi connectivity index (χ2v) is 16.6. The lowest BCUT2D eigenvalue weighted by molar-refractivity contribution is 0.0973. The molecule has 2 nitrogen and oxygen atoms in total. The Morgan fingerprint density at radius 3 is 1.64 bits per heavy atom. The molecule has 0 N–H and O–H groups in total. The van der Waals surface area contributed by atoms with Gasteiger partial charge in [-0.3, -0.25) is 0 Å². The minimum atomic E-state index is 0.750. The number of rotatable bonds is 5. The summed E-state index contributed by atoms with van der Waals surface area (Å²) in [6.07, 6.45) is 9.36. The molecule has 0 amide bonds. The van der Waals surface area contributed by atoms with E-state index in [4.69, 9.17) is 0 Å². The Morgan fingerprint density at radius 2 is 0.927 bits per heavy atom. The van der Waals surface area contributed by atoms with Crippen LogP contribution < -0.4 is 4.90 Å². The topological polar surface area (TPSA) is 8.17 Å². The molecule has 0 aliphatic heterocycles. The molecule has 4 aliphatic carbocycles. The lowest BCUT2D eigenvalue weighted by Crippen LogP contribution is -2.32. The Bertz CT molecular complexity index is 2600. The standard InChI is InChI=1S/C53H46N2/c1-2-13-40(14-3-1)45-17-6-9-21-49(45)55(44-27-25-43(26-28-44)54-50-22-10-7-19-47(50)48-20-8-11-23-51(48)54)52-24-12-16-42-35-39-32-36-29-37(33-39)31-38(30-36)34-41-15-4-5-18-46(41)53(42)52/h1-28,36-39H,29-35H2. The van der Waals surface area contributed by atoms with Crippen molar-refractivity contribution in [3.05, 3.63) is 181 Å². The van der Waals surface area contributed by atoms with Crippen molar-refractivity contribution in [1.82, 2.24) is 4.57 Å². The fourth-order valence-corrected chi connectivity index (χ4v) is 11.2. The van der Waals surface area contributed by atoms with E-state index in [1.807, 2.05) is 0 Å². The minimum Gasteiger partial charge on any atom is -0.309 e. The maximum atomic E-state index is 2.57. The molecule has 0 saturated heterocycles. The average molecular weight is 711 g/mol. The quantitative estimate of drug-likeness (QED) is 0.173. The second-order valence-electron chi connectivity index (χ2n) is 16.6. The smallest absolute Gasteiger partial charge is 0.0543 e. The molecule has 0 spiro atoms. The lowest BCUT2D eigenvalue weighted by Gasteiger charge is -2.42. The van der Waals surface area contributed by atoms with E-state index in [0.29, 0.717) is 0 Å². The summed E-state index contributed by atoms with van der Waals surface area (Å²) >= 11 is 0. The van der Waals surface area contributed by atoms with Gasteiger partial charge in [-0.25, -0.2) is 0 Å². The van der Waals surface area contributed by atoms with Gasteiger partial charge in [0.05, 0.1) is 22.4 Å². The first-order valence-corrected chi connectivity index (χ1v) is 20.5. The van der Waals surface area contributed by atoms with Crippen LogP contribution >= 0.6 is 0 Å². The van der Waals surface area contributed by atoms with Crippen LogP contribution in [0.2, 0.25) is 0 Å². The highest BCUT2D eigenvalue weighted by Crippen LogP contribution is 2.51. The Hall–Kier alpha value is -5.86. The van der Waals surface area contributed by atoms with Crippen LogP contribution in [0, 0.1) is 23.7 Å². The first kappa shape index (κ1) is 32.6. The van der Waals surface area contributed by atoms with Gasteiger partial charge in [-0.2, -0.15) is 0 Å². The Labute approximate surface area is 324 Å². The molecule has 55 heavy (non-hydrogen) atoms. The number of para-hydroxylation sites is 3. The van der Waals surface area contributed by atoms with Gasteiger partial charge in [-0.05, 0) is 139 Å². The number of benzene rings is 7. The van der Waals surface area contributed by atoms with Gasteiger partial charge in [0.1, 0.15) is 0 Å². The highest BCUT2D eigenvalue weighted by molar-refractivity contribution is 6.09. The first-order chi connectivity index (χ1) is 27.2. The zero-order chi connectivity index (χ0) is 36.3. The molecule has 268 valence electrons. The van der Waals surface area contributed by atoms with Crippen LogP contribution in [-0.4, -0.2) is 4.57 Å². The third kappa shape index (κ3) is 5.70. The fraction of sp³-hybridized carbons (Fsp3) is 0.208. The van der Waals surface area contributed by atoms with Gasteiger partial charge in [0.25, 0.3) is 0 Å². The molecule has 2 unspecified atom stereocenters. The molecular formula is C53H46N2. The maximum Gasteiger partial charge on any atom is 0.0543 e. The van der Waals surface area contributed by atoms with Crippen LogP contribution in [-0.2, 0) is 12.8 Å². The van der Waals surface area contributed by atoms with Crippen molar-refractivity contribution in [2.45, 2.75) is 44.9 Å². The van der Waals surface area contributed by atoms with E-state index >= 15 is 0 Å². The maximum absolute atomic E-state index is 2.57.